The summed E-state index contributed by atoms with van der Waals surface area (Å²) in [7, 11) is -2.71. The molecule has 0 radical (unpaired) electrons. The molecule has 6 heteroatoms. The summed E-state index contributed by atoms with van der Waals surface area (Å²) in [6.07, 6.45) is 0. The second-order valence-corrected chi connectivity index (χ2v) is 6.47. The Balaban J connectivity index is 2.52. The minimum atomic E-state index is -3.98. The Labute approximate surface area is 116 Å². The van der Waals surface area contributed by atoms with Crippen LogP contribution in [-0.2, 0) is 19.4 Å². The Kier molecular flexibility index (Phi) is 4.06. The molecule has 2 rings (SSSR count). The van der Waals surface area contributed by atoms with Gasteiger partial charge in [-0.3, -0.25) is 4.79 Å². The molecule has 2 aromatic carbocycles. The van der Waals surface area contributed by atoms with Crippen molar-refractivity contribution in [3.05, 3.63) is 42.5 Å². The third-order valence-electron chi connectivity index (χ3n) is 3.02. The molecule has 0 aliphatic heterocycles. The fourth-order valence-electron chi connectivity index (χ4n) is 1.95. The maximum absolute atomic E-state index is 12.3. The number of ether oxygens (including phenoxy) is 1. The van der Waals surface area contributed by atoms with Crippen molar-refractivity contribution in [2.45, 2.75) is 10.1 Å². The number of carbonyl (C=O) groups is 1. The molecular formula is C14H14O5S. The quantitative estimate of drug-likeness (QED) is 0.908. The molecule has 0 spiro atoms. The zero-order chi connectivity index (χ0) is 14.8. The van der Waals surface area contributed by atoms with E-state index in [0.29, 0.717) is 0 Å². The highest BCUT2D eigenvalue weighted by molar-refractivity contribution is 7.92. The monoisotopic (exact) mass is 294 g/mol. The predicted octanol–water partition coefficient (Wildman–Crippen LogP) is 1.71. The summed E-state index contributed by atoms with van der Waals surface area (Å²) in [6, 6.07) is 11.8. The summed E-state index contributed by atoms with van der Waals surface area (Å²) in [5.41, 5.74) is 0. The summed E-state index contributed by atoms with van der Waals surface area (Å²) in [5, 5.41) is 9.09. The normalized spacial score (nSPS) is 13.2. The zero-order valence-corrected chi connectivity index (χ0v) is 11.6. The Morgan fingerprint density at radius 2 is 1.85 bits per heavy atom. The molecule has 0 aromatic heterocycles. The third-order valence-corrected chi connectivity index (χ3v) is 5.02. The average molecular weight is 294 g/mol. The first-order valence-electron chi connectivity index (χ1n) is 5.91. The summed E-state index contributed by atoms with van der Waals surface area (Å²) in [4.78, 5) is 11.1. The lowest BCUT2D eigenvalue weighted by Crippen LogP contribution is -2.34. The van der Waals surface area contributed by atoms with E-state index in [4.69, 9.17) is 9.84 Å². The molecule has 0 heterocycles. The molecule has 20 heavy (non-hydrogen) atoms. The number of aliphatic carboxylic acids is 1. The van der Waals surface area contributed by atoms with Gasteiger partial charge < -0.3 is 9.84 Å². The molecule has 2 aromatic rings. The Morgan fingerprint density at radius 3 is 2.45 bits per heavy atom. The fraction of sp³-hybridized carbons (Fsp3) is 0.214. The average Bonchev–Trinajstić information content (AvgIpc) is 2.43. The van der Waals surface area contributed by atoms with E-state index in [-0.39, 0.29) is 11.5 Å². The van der Waals surface area contributed by atoms with Crippen LogP contribution in [0.3, 0.4) is 0 Å². The fourth-order valence-corrected chi connectivity index (χ4v) is 3.41. The number of hydrogen-bond acceptors (Lipinski definition) is 4. The van der Waals surface area contributed by atoms with Gasteiger partial charge in [-0.15, -0.1) is 0 Å². The first-order valence-corrected chi connectivity index (χ1v) is 7.46. The van der Waals surface area contributed by atoms with Crippen molar-refractivity contribution < 1.29 is 23.1 Å². The van der Waals surface area contributed by atoms with Crippen molar-refractivity contribution in [1.82, 2.24) is 0 Å². The number of sulfone groups is 1. The molecule has 1 unspecified atom stereocenters. The molecule has 0 bridgehead atoms. The highest BCUT2D eigenvalue weighted by atomic mass is 32.2. The van der Waals surface area contributed by atoms with Crippen LogP contribution in [0.1, 0.15) is 0 Å². The van der Waals surface area contributed by atoms with Crippen LogP contribution in [-0.4, -0.2) is 38.5 Å². The molecule has 1 atom stereocenters. The van der Waals surface area contributed by atoms with Crippen LogP contribution in [0.15, 0.2) is 47.4 Å². The number of fused-ring (bicyclic) bond motifs is 1. The van der Waals surface area contributed by atoms with Crippen molar-refractivity contribution >= 4 is 26.6 Å². The predicted molar refractivity (Wildman–Crippen MR) is 74.4 cm³/mol. The SMILES string of the molecule is COCC(C(=O)O)S(=O)(=O)c1ccc2ccccc2c1. The van der Waals surface area contributed by atoms with Crippen molar-refractivity contribution in [2.24, 2.45) is 0 Å². The Hall–Kier alpha value is -1.92. The van der Waals surface area contributed by atoms with Crippen molar-refractivity contribution in [3.8, 4) is 0 Å². The number of hydrogen-bond donors (Lipinski definition) is 1. The number of methoxy groups -OCH3 is 1. The molecule has 0 fully saturated rings. The van der Waals surface area contributed by atoms with E-state index in [9.17, 15) is 13.2 Å². The highest BCUT2D eigenvalue weighted by Gasteiger charge is 2.34. The Bertz CT molecular complexity index is 736. The Morgan fingerprint density at radius 1 is 1.20 bits per heavy atom. The van der Waals surface area contributed by atoms with Gasteiger partial charge in [-0.1, -0.05) is 30.3 Å². The van der Waals surface area contributed by atoms with E-state index < -0.39 is 21.1 Å². The molecule has 0 saturated carbocycles. The molecule has 106 valence electrons. The molecule has 0 amide bonds. The van der Waals surface area contributed by atoms with Gasteiger partial charge in [0.1, 0.15) is 0 Å². The number of benzene rings is 2. The van der Waals surface area contributed by atoms with Crippen LogP contribution in [0.4, 0.5) is 0 Å². The van der Waals surface area contributed by atoms with E-state index in [1.54, 1.807) is 18.2 Å². The topological polar surface area (TPSA) is 80.7 Å². The van der Waals surface area contributed by atoms with Gasteiger partial charge in [-0.2, -0.15) is 0 Å². The second-order valence-electron chi connectivity index (χ2n) is 4.34. The number of carboxylic acids is 1. The van der Waals surface area contributed by atoms with Crippen molar-refractivity contribution in [1.29, 1.82) is 0 Å². The van der Waals surface area contributed by atoms with E-state index in [0.717, 1.165) is 10.8 Å². The molecule has 1 N–H and O–H groups in total. The van der Waals surface area contributed by atoms with Gasteiger partial charge >= 0.3 is 5.97 Å². The van der Waals surface area contributed by atoms with Crippen LogP contribution in [0.25, 0.3) is 10.8 Å². The van der Waals surface area contributed by atoms with Gasteiger partial charge in [0.25, 0.3) is 0 Å². The van der Waals surface area contributed by atoms with Gasteiger partial charge in [-0.25, -0.2) is 8.42 Å². The van der Waals surface area contributed by atoms with Crippen LogP contribution in [0.5, 0.6) is 0 Å². The maximum atomic E-state index is 12.3. The number of carboxylic acid groups (broad SMARTS) is 1. The van der Waals surface area contributed by atoms with Crippen LogP contribution in [0, 0.1) is 0 Å². The third kappa shape index (κ3) is 2.66. The summed E-state index contributed by atoms with van der Waals surface area (Å²) in [6.45, 7) is -0.384. The van der Waals surface area contributed by atoms with E-state index >= 15 is 0 Å². The van der Waals surface area contributed by atoms with E-state index in [1.165, 1.54) is 19.2 Å². The van der Waals surface area contributed by atoms with Gasteiger partial charge in [0.05, 0.1) is 11.5 Å². The van der Waals surface area contributed by atoms with Crippen LogP contribution in [0.2, 0.25) is 0 Å². The molecule has 0 aliphatic carbocycles. The number of rotatable bonds is 5. The molecule has 0 aliphatic rings. The zero-order valence-electron chi connectivity index (χ0n) is 10.8. The lowest BCUT2D eigenvalue weighted by atomic mass is 10.1. The highest BCUT2D eigenvalue weighted by Crippen LogP contribution is 2.22. The van der Waals surface area contributed by atoms with Gasteiger partial charge in [-0.05, 0) is 22.9 Å². The van der Waals surface area contributed by atoms with Crippen LogP contribution >= 0.6 is 0 Å². The standard InChI is InChI=1S/C14H14O5S/c1-19-9-13(14(15)16)20(17,18)12-7-6-10-4-2-3-5-11(10)8-12/h2-8,13H,9H2,1H3,(H,15,16). The largest absolute Gasteiger partial charge is 0.480 e. The molecule has 0 saturated heterocycles. The summed E-state index contributed by atoms with van der Waals surface area (Å²) in [5.74, 6) is -1.42. The van der Waals surface area contributed by atoms with Gasteiger partial charge in [0.2, 0.25) is 0 Å². The van der Waals surface area contributed by atoms with E-state index in [1.807, 2.05) is 12.1 Å². The first-order chi connectivity index (χ1) is 9.46. The maximum Gasteiger partial charge on any atom is 0.324 e. The molecular weight excluding hydrogens is 280 g/mol. The summed E-state index contributed by atoms with van der Waals surface area (Å²) >= 11 is 0. The summed E-state index contributed by atoms with van der Waals surface area (Å²) < 4.78 is 29.4. The second kappa shape index (κ2) is 5.60. The first kappa shape index (κ1) is 14.5. The lowest BCUT2D eigenvalue weighted by Gasteiger charge is -2.13. The molecule has 5 nitrogen and oxygen atoms in total. The van der Waals surface area contributed by atoms with Gasteiger partial charge in [0.15, 0.2) is 15.1 Å². The van der Waals surface area contributed by atoms with Gasteiger partial charge in [0, 0.05) is 7.11 Å². The van der Waals surface area contributed by atoms with E-state index in [2.05, 4.69) is 0 Å². The van der Waals surface area contributed by atoms with Crippen molar-refractivity contribution in [2.75, 3.05) is 13.7 Å². The smallest absolute Gasteiger partial charge is 0.324 e. The van der Waals surface area contributed by atoms with Crippen LogP contribution < -0.4 is 0 Å². The lowest BCUT2D eigenvalue weighted by molar-refractivity contribution is -0.137. The minimum Gasteiger partial charge on any atom is -0.480 e. The van der Waals surface area contributed by atoms with Crippen molar-refractivity contribution in [3.63, 3.8) is 0 Å². The minimum absolute atomic E-state index is 0.0133.